The number of hydrogen-bond donors (Lipinski definition) is 0. The van der Waals surface area contributed by atoms with Gasteiger partial charge in [0.05, 0.1) is 24.0 Å². The van der Waals surface area contributed by atoms with Crippen molar-refractivity contribution in [2.45, 2.75) is 80.6 Å². The van der Waals surface area contributed by atoms with Gasteiger partial charge >= 0.3 is 17.9 Å². The molecule has 0 aromatic heterocycles. The molecule has 0 aliphatic carbocycles. The monoisotopic (exact) mass is 640 g/mol. The summed E-state index contributed by atoms with van der Waals surface area (Å²) in [6.07, 6.45) is 1.19. The molecule has 0 heterocycles. The minimum Gasteiger partial charge on any atom is -0.469 e. The molecule has 47 heavy (non-hydrogen) atoms. The van der Waals surface area contributed by atoms with E-state index in [4.69, 9.17) is 14.2 Å². The molecule has 0 radical (unpaired) electrons. The lowest BCUT2D eigenvalue weighted by Crippen LogP contribution is -2.32. The van der Waals surface area contributed by atoms with Crippen LogP contribution in [0.5, 0.6) is 0 Å². The molecule has 3 aromatic carbocycles. The van der Waals surface area contributed by atoms with Gasteiger partial charge in [0.25, 0.3) is 0 Å². The molecule has 3 aromatic rings. The minimum atomic E-state index is -0.904. The molecule has 0 saturated carbocycles. The van der Waals surface area contributed by atoms with E-state index in [1.165, 1.54) is 29.4 Å². The van der Waals surface area contributed by atoms with Crippen LogP contribution in [0.3, 0.4) is 0 Å². The molecule has 3 rings (SSSR count). The van der Waals surface area contributed by atoms with Crippen molar-refractivity contribution in [1.29, 1.82) is 5.26 Å². The fourth-order valence-electron chi connectivity index (χ4n) is 5.75. The molecule has 1 unspecified atom stereocenters. The van der Waals surface area contributed by atoms with Gasteiger partial charge in [-0.05, 0) is 120 Å². The van der Waals surface area contributed by atoms with E-state index in [0.717, 1.165) is 22.6 Å². The Morgan fingerprint density at radius 1 is 0.766 bits per heavy atom. The Morgan fingerprint density at radius 2 is 1.38 bits per heavy atom. The van der Waals surface area contributed by atoms with Gasteiger partial charge in [-0.15, -0.1) is 0 Å². The van der Waals surface area contributed by atoms with Crippen LogP contribution in [0.1, 0.15) is 74.3 Å². The van der Waals surface area contributed by atoms with Crippen molar-refractivity contribution in [1.82, 2.24) is 0 Å². The summed E-state index contributed by atoms with van der Waals surface area (Å²) in [6.45, 7) is 13.5. The number of aryl methyl sites for hydroxylation is 5. The fourth-order valence-corrected chi connectivity index (χ4v) is 5.75. The smallest absolute Gasteiger partial charge is 0.311 e. The van der Waals surface area contributed by atoms with Crippen LogP contribution in [-0.2, 0) is 35.0 Å². The lowest BCUT2D eigenvalue weighted by atomic mass is 9.72. The van der Waals surface area contributed by atoms with Crippen LogP contribution >= 0.6 is 0 Å². The highest BCUT2D eigenvalue weighted by atomic mass is 16.6. The van der Waals surface area contributed by atoms with Gasteiger partial charge < -0.3 is 19.1 Å². The number of esters is 3. The van der Waals surface area contributed by atoms with Crippen molar-refractivity contribution in [2.24, 2.45) is 10.8 Å². The number of carbonyl (C=O) groups is 3. The third-order valence-electron chi connectivity index (χ3n) is 8.48. The summed E-state index contributed by atoms with van der Waals surface area (Å²) in [4.78, 5) is 38.9. The molecule has 250 valence electrons. The fraction of sp³-hybridized carbons (Fsp3) is 0.436. The highest BCUT2D eigenvalue weighted by Gasteiger charge is 2.38. The van der Waals surface area contributed by atoms with Crippen LogP contribution in [0.25, 0.3) is 0 Å². The number of anilines is 3. The third-order valence-corrected chi connectivity index (χ3v) is 8.48. The van der Waals surface area contributed by atoms with E-state index in [0.29, 0.717) is 6.42 Å². The van der Waals surface area contributed by atoms with Gasteiger partial charge in [-0.2, -0.15) is 5.26 Å². The molecule has 0 spiro atoms. The number of carbonyl (C=O) groups excluding carboxylic acids is 3. The van der Waals surface area contributed by atoms with Crippen molar-refractivity contribution in [3.05, 3.63) is 88.5 Å². The van der Waals surface area contributed by atoms with Crippen LogP contribution in [-0.4, -0.2) is 38.2 Å². The second-order valence-corrected chi connectivity index (χ2v) is 13.2. The zero-order valence-electron chi connectivity index (χ0n) is 29.1. The van der Waals surface area contributed by atoms with E-state index in [9.17, 15) is 19.6 Å². The molecule has 0 saturated heterocycles. The lowest BCUT2D eigenvalue weighted by Gasteiger charge is -2.30. The Labute approximate surface area is 279 Å². The molecule has 0 bridgehead atoms. The summed E-state index contributed by atoms with van der Waals surface area (Å²) >= 11 is 0. The summed E-state index contributed by atoms with van der Waals surface area (Å²) in [5.74, 6) is -1.28. The first-order valence-corrected chi connectivity index (χ1v) is 16.0. The molecular weight excluding hydrogens is 592 g/mol. The molecule has 8 nitrogen and oxygen atoms in total. The van der Waals surface area contributed by atoms with Crippen LogP contribution in [0.2, 0.25) is 0 Å². The maximum atomic E-state index is 12.4. The number of hydrogen-bond acceptors (Lipinski definition) is 8. The SMILES string of the molecule is COC(=O)C(C)(C)CC(C)(C#N)CCC(=O)OCCOC(=O)CCc1ccc(N(c2ccc(C)c(C)c2)c2ccc(C)cc2C)cc1. The number of nitrogens with zero attached hydrogens (tertiary/aromatic N) is 2. The van der Waals surface area contributed by atoms with Gasteiger partial charge in [0.2, 0.25) is 0 Å². The largest absolute Gasteiger partial charge is 0.469 e. The van der Waals surface area contributed by atoms with E-state index in [1.807, 2.05) is 12.1 Å². The zero-order valence-corrected chi connectivity index (χ0v) is 29.1. The predicted octanol–water partition coefficient (Wildman–Crippen LogP) is 8.31. The van der Waals surface area contributed by atoms with Crippen LogP contribution in [0.4, 0.5) is 17.1 Å². The predicted molar refractivity (Wildman–Crippen MR) is 184 cm³/mol. The average Bonchev–Trinajstić information content (AvgIpc) is 3.03. The molecule has 0 aliphatic heterocycles. The lowest BCUT2D eigenvalue weighted by molar-refractivity contribution is -0.153. The van der Waals surface area contributed by atoms with E-state index >= 15 is 0 Å². The molecular formula is C39H48N2O6. The molecule has 0 amide bonds. The van der Waals surface area contributed by atoms with Crippen LogP contribution in [0.15, 0.2) is 60.7 Å². The van der Waals surface area contributed by atoms with E-state index in [-0.39, 0.29) is 44.9 Å². The van der Waals surface area contributed by atoms with Crippen molar-refractivity contribution in [2.75, 3.05) is 25.2 Å². The Hall–Kier alpha value is -4.64. The van der Waals surface area contributed by atoms with Gasteiger partial charge in [0.15, 0.2) is 0 Å². The van der Waals surface area contributed by atoms with Crippen LogP contribution in [0, 0.1) is 49.9 Å². The number of benzene rings is 3. The highest BCUT2D eigenvalue weighted by Crippen LogP contribution is 2.39. The van der Waals surface area contributed by atoms with Gasteiger partial charge in [-0.3, -0.25) is 14.4 Å². The van der Waals surface area contributed by atoms with Gasteiger partial charge in [0.1, 0.15) is 13.2 Å². The van der Waals surface area contributed by atoms with E-state index < -0.39 is 22.8 Å². The summed E-state index contributed by atoms with van der Waals surface area (Å²) in [7, 11) is 1.31. The third kappa shape index (κ3) is 10.4. The summed E-state index contributed by atoms with van der Waals surface area (Å²) in [6, 6.07) is 23.4. The molecule has 0 N–H and O–H groups in total. The van der Waals surface area contributed by atoms with Gasteiger partial charge in [-0.1, -0.05) is 35.9 Å². The molecule has 8 heteroatoms. The Balaban J connectivity index is 1.50. The van der Waals surface area contributed by atoms with Crippen molar-refractivity contribution < 1.29 is 28.6 Å². The second-order valence-electron chi connectivity index (χ2n) is 13.2. The maximum absolute atomic E-state index is 12.4. The molecule has 1 atom stereocenters. The first kappa shape index (κ1) is 36.8. The first-order valence-electron chi connectivity index (χ1n) is 16.0. The topological polar surface area (TPSA) is 106 Å². The van der Waals surface area contributed by atoms with E-state index in [1.54, 1.807) is 20.8 Å². The van der Waals surface area contributed by atoms with Crippen molar-refractivity contribution in [3.8, 4) is 6.07 Å². The van der Waals surface area contributed by atoms with Crippen molar-refractivity contribution >= 4 is 35.0 Å². The summed E-state index contributed by atoms with van der Waals surface area (Å²) in [5.41, 5.74) is 7.32. The number of rotatable bonds is 15. The normalized spacial score (nSPS) is 12.4. The summed E-state index contributed by atoms with van der Waals surface area (Å²) < 4.78 is 15.3. The van der Waals surface area contributed by atoms with Gasteiger partial charge in [-0.25, -0.2) is 0 Å². The maximum Gasteiger partial charge on any atom is 0.311 e. The minimum absolute atomic E-state index is 0.00961. The highest BCUT2D eigenvalue weighted by molar-refractivity contribution is 5.79. The number of methoxy groups -OCH3 is 1. The number of ether oxygens (including phenoxy) is 3. The first-order chi connectivity index (χ1) is 22.2. The standard InChI is InChI=1S/C39H48N2O6/c1-27-9-17-34(30(4)23-27)41(33-14-10-28(2)29(3)24-33)32-15-11-31(12-16-32)13-18-35(42)46-21-22-47-36(43)19-20-39(7,26-40)25-38(5,6)37(44)45-8/h9-12,14-17,23-24H,13,18-22,25H2,1-8H3. The molecule has 0 fully saturated rings. The number of nitriles is 1. The van der Waals surface area contributed by atoms with Gasteiger partial charge in [0, 0.05) is 29.9 Å². The molecule has 0 aliphatic rings. The van der Waals surface area contributed by atoms with Crippen LogP contribution < -0.4 is 4.90 Å². The Kier molecular flexibility index (Phi) is 12.7. The quantitative estimate of drug-likeness (QED) is 0.0928. The summed E-state index contributed by atoms with van der Waals surface area (Å²) in [5, 5.41) is 9.68. The zero-order chi connectivity index (χ0) is 34.8. The van der Waals surface area contributed by atoms with Crippen molar-refractivity contribution in [3.63, 3.8) is 0 Å². The average molecular weight is 641 g/mol. The second kappa shape index (κ2) is 16.3. The Morgan fingerprint density at radius 3 is 1.96 bits per heavy atom. The Bertz CT molecular complexity index is 1600. The van der Waals surface area contributed by atoms with E-state index in [2.05, 4.69) is 87.2 Å².